The van der Waals surface area contributed by atoms with E-state index in [4.69, 9.17) is 5.73 Å². The molecule has 0 aliphatic rings. The normalized spacial score (nSPS) is 11.8. The minimum atomic E-state index is 0. The smallest absolute Gasteiger partial charge is 0.0129 e. The van der Waals surface area contributed by atoms with Gasteiger partial charge in [-0.15, -0.1) is 24.2 Å². The second-order valence-electron chi connectivity index (χ2n) is 2.60. The van der Waals surface area contributed by atoms with Crippen LogP contribution in [0.1, 0.15) is 6.92 Å². The monoisotopic (exact) mass is 203 g/mol. The number of thioether (sulfide) groups is 1. The van der Waals surface area contributed by atoms with Crippen molar-refractivity contribution in [1.29, 1.82) is 0 Å². The number of nitrogens with two attached hydrogens (primary N) is 1. The van der Waals surface area contributed by atoms with Crippen LogP contribution in [0.3, 0.4) is 0 Å². The van der Waals surface area contributed by atoms with E-state index in [1.807, 2.05) is 25.1 Å². The van der Waals surface area contributed by atoms with Gasteiger partial charge in [-0.25, -0.2) is 0 Å². The molecule has 0 heterocycles. The van der Waals surface area contributed by atoms with E-state index < -0.39 is 0 Å². The van der Waals surface area contributed by atoms with Crippen molar-refractivity contribution in [2.75, 3.05) is 5.75 Å². The molecule has 0 aliphatic heterocycles. The van der Waals surface area contributed by atoms with E-state index in [2.05, 4.69) is 12.1 Å². The molecular weight excluding hydrogens is 190 g/mol. The Hall–Kier alpha value is -0.180. The summed E-state index contributed by atoms with van der Waals surface area (Å²) < 4.78 is 0. The van der Waals surface area contributed by atoms with E-state index >= 15 is 0 Å². The molecule has 0 amide bonds. The number of hydrogen-bond acceptors (Lipinski definition) is 2. The zero-order valence-electron chi connectivity index (χ0n) is 7.07. The summed E-state index contributed by atoms with van der Waals surface area (Å²) in [6, 6.07) is 10.6. The van der Waals surface area contributed by atoms with E-state index in [-0.39, 0.29) is 18.4 Å². The van der Waals surface area contributed by atoms with Gasteiger partial charge in [0.25, 0.3) is 0 Å². The highest BCUT2D eigenvalue weighted by Crippen LogP contribution is 2.16. The Bertz CT molecular complexity index is 201. The van der Waals surface area contributed by atoms with Crippen LogP contribution in [0.2, 0.25) is 0 Å². The van der Waals surface area contributed by atoms with Crippen molar-refractivity contribution in [2.45, 2.75) is 17.9 Å². The molecule has 0 aliphatic carbocycles. The molecule has 1 aromatic carbocycles. The lowest BCUT2D eigenvalue weighted by molar-refractivity contribution is 0.847. The van der Waals surface area contributed by atoms with Gasteiger partial charge in [0.2, 0.25) is 0 Å². The van der Waals surface area contributed by atoms with Gasteiger partial charge in [-0.05, 0) is 19.1 Å². The van der Waals surface area contributed by atoms with Crippen LogP contribution in [0.5, 0.6) is 0 Å². The molecule has 0 radical (unpaired) electrons. The zero-order valence-corrected chi connectivity index (χ0v) is 8.70. The van der Waals surface area contributed by atoms with Crippen LogP contribution in [0.25, 0.3) is 0 Å². The van der Waals surface area contributed by atoms with E-state index in [1.165, 1.54) is 4.90 Å². The third-order valence-corrected chi connectivity index (χ3v) is 2.55. The maximum atomic E-state index is 5.62. The summed E-state index contributed by atoms with van der Waals surface area (Å²) >= 11 is 1.80. The van der Waals surface area contributed by atoms with Gasteiger partial charge in [0.15, 0.2) is 0 Å². The van der Waals surface area contributed by atoms with Gasteiger partial charge in [-0.1, -0.05) is 18.2 Å². The van der Waals surface area contributed by atoms with E-state index in [1.54, 1.807) is 11.8 Å². The molecule has 0 aromatic heterocycles. The number of rotatable bonds is 3. The Balaban J connectivity index is 0.00000121. The summed E-state index contributed by atoms with van der Waals surface area (Å²) in [7, 11) is 0. The van der Waals surface area contributed by atoms with Gasteiger partial charge < -0.3 is 5.73 Å². The molecule has 68 valence electrons. The predicted molar refractivity (Wildman–Crippen MR) is 58.1 cm³/mol. The Morgan fingerprint density at radius 3 is 2.42 bits per heavy atom. The van der Waals surface area contributed by atoms with Crippen molar-refractivity contribution in [2.24, 2.45) is 5.73 Å². The van der Waals surface area contributed by atoms with E-state index in [0.717, 1.165) is 5.75 Å². The standard InChI is InChI=1S/C9H13NS.ClH/c1-8(10)7-11-9-5-3-2-4-6-9;/h2-6,8H,7,10H2,1H3;1H/t8-;/m1./s1. The number of halogens is 1. The van der Waals surface area contributed by atoms with Crippen LogP contribution in [-0.2, 0) is 0 Å². The maximum absolute atomic E-state index is 5.62. The second-order valence-corrected chi connectivity index (χ2v) is 3.69. The molecule has 1 rings (SSSR count). The lowest BCUT2D eigenvalue weighted by atomic mass is 10.4. The first-order chi connectivity index (χ1) is 5.29. The Kier molecular flexibility index (Phi) is 6.25. The largest absolute Gasteiger partial charge is 0.327 e. The Morgan fingerprint density at radius 1 is 1.33 bits per heavy atom. The van der Waals surface area contributed by atoms with E-state index in [9.17, 15) is 0 Å². The van der Waals surface area contributed by atoms with Crippen LogP contribution in [0, 0.1) is 0 Å². The Labute approximate surface area is 84.1 Å². The molecule has 1 atom stereocenters. The summed E-state index contributed by atoms with van der Waals surface area (Å²) in [5.41, 5.74) is 5.62. The van der Waals surface area contributed by atoms with Crippen LogP contribution in [0.4, 0.5) is 0 Å². The second kappa shape index (κ2) is 6.35. The topological polar surface area (TPSA) is 26.0 Å². The quantitative estimate of drug-likeness (QED) is 0.765. The van der Waals surface area contributed by atoms with Crippen LogP contribution >= 0.6 is 24.2 Å². The molecule has 2 N–H and O–H groups in total. The van der Waals surface area contributed by atoms with Crippen LogP contribution in [-0.4, -0.2) is 11.8 Å². The molecule has 0 unspecified atom stereocenters. The first-order valence-electron chi connectivity index (χ1n) is 3.72. The first-order valence-corrected chi connectivity index (χ1v) is 4.71. The minimum Gasteiger partial charge on any atom is -0.327 e. The fourth-order valence-electron chi connectivity index (χ4n) is 0.744. The molecule has 0 saturated carbocycles. The van der Waals surface area contributed by atoms with Crippen molar-refractivity contribution in [3.63, 3.8) is 0 Å². The molecule has 0 spiro atoms. The summed E-state index contributed by atoms with van der Waals surface area (Å²) in [6.45, 7) is 2.02. The van der Waals surface area contributed by atoms with Gasteiger partial charge in [-0.2, -0.15) is 0 Å². The third-order valence-electron chi connectivity index (χ3n) is 1.26. The van der Waals surface area contributed by atoms with Gasteiger partial charge in [0.1, 0.15) is 0 Å². The average Bonchev–Trinajstić information content (AvgIpc) is 2.03. The van der Waals surface area contributed by atoms with Gasteiger partial charge in [0, 0.05) is 16.7 Å². The fourth-order valence-corrected chi connectivity index (χ4v) is 1.55. The van der Waals surface area contributed by atoms with Crippen molar-refractivity contribution >= 4 is 24.2 Å². The van der Waals surface area contributed by atoms with Crippen molar-refractivity contribution in [3.05, 3.63) is 30.3 Å². The highest BCUT2D eigenvalue weighted by Gasteiger charge is 1.95. The van der Waals surface area contributed by atoms with Crippen molar-refractivity contribution in [3.8, 4) is 0 Å². The highest BCUT2D eigenvalue weighted by atomic mass is 35.5. The summed E-state index contributed by atoms with van der Waals surface area (Å²) in [5.74, 6) is 0.990. The predicted octanol–water partition coefficient (Wildman–Crippen LogP) is 2.55. The SMILES string of the molecule is C[C@@H](N)CSc1ccccc1.Cl. The van der Waals surface area contributed by atoms with Gasteiger partial charge in [0.05, 0.1) is 0 Å². The van der Waals surface area contributed by atoms with Crippen molar-refractivity contribution < 1.29 is 0 Å². The zero-order chi connectivity index (χ0) is 8.10. The van der Waals surface area contributed by atoms with Crippen LogP contribution < -0.4 is 5.73 Å². The third kappa shape index (κ3) is 4.65. The number of benzene rings is 1. The summed E-state index contributed by atoms with van der Waals surface area (Å²) in [5, 5.41) is 0. The minimum absolute atomic E-state index is 0. The molecule has 0 bridgehead atoms. The average molecular weight is 204 g/mol. The van der Waals surface area contributed by atoms with Gasteiger partial charge >= 0.3 is 0 Å². The fraction of sp³-hybridized carbons (Fsp3) is 0.333. The Morgan fingerprint density at radius 2 is 1.92 bits per heavy atom. The highest BCUT2D eigenvalue weighted by molar-refractivity contribution is 7.99. The van der Waals surface area contributed by atoms with Crippen molar-refractivity contribution in [1.82, 2.24) is 0 Å². The summed E-state index contributed by atoms with van der Waals surface area (Å²) in [6.07, 6.45) is 0. The van der Waals surface area contributed by atoms with E-state index in [0.29, 0.717) is 0 Å². The molecule has 12 heavy (non-hydrogen) atoms. The molecule has 1 nitrogen and oxygen atoms in total. The summed E-state index contributed by atoms with van der Waals surface area (Å²) in [4.78, 5) is 1.30. The lowest BCUT2D eigenvalue weighted by Crippen LogP contribution is -2.17. The number of hydrogen-bond donors (Lipinski definition) is 1. The molecular formula is C9H14ClNS. The van der Waals surface area contributed by atoms with Gasteiger partial charge in [-0.3, -0.25) is 0 Å². The van der Waals surface area contributed by atoms with Crippen LogP contribution in [0.15, 0.2) is 35.2 Å². The molecule has 3 heteroatoms. The maximum Gasteiger partial charge on any atom is 0.0129 e. The lowest BCUT2D eigenvalue weighted by Gasteiger charge is -2.03. The molecule has 0 fully saturated rings. The molecule has 0 saturated heterocycles. The first kappa shape index (κ1) is 11.8. The molecule has 1 aromatic rings.